The Bertz CT molecular complexity index is 438. The van der Waals surface area contributed by atoms with Crippen LogP contribution in [0.2, 0.25) is 0 Å². The molecule has 1 atom stereocenters. The van der Waals surface area contributed by atoms with E-state index in [9.17, 15) is 18.3 Å². The number of hydrogen-bond acceptors (Lipinski definition) is 4. The molecule has 0 aliphatic rings. The van der Waals surface area contributed by atoms with Crippen molar-refractivity contribution in [1.29, 1.82) is 0 Å². The zero-order chi connectivity index (χ0) is 16.0. The topological polar surface area (TPSA) is 50.5 Å². The summed E-state index contributed by atoms with van der Waals surface area (Å²) in [5, 5.41) is 14.2. The monoisotopic (exact) mass is 373 g/mol. The predicted octanol–water partition coefficient (Wildman–Crippen LogP) is 2.21. The number of aromatic nitrogens is 2. The minimum absolute atomic E-state index is 0.0718. The maximum absolute atomic E-state index is 11.9. The van der Waals surface area contributed by atoms with Gasteiger partial charge in [0.1, 0.15) is 6.61 Å². The number of rotatable bonds is 8. The molecular weight excluding hydrogens is 355 g/mol. The average molecular weight is 374 g/mol. The molecule has 9 heteroatoms. The van der Waals surface area contributed by atoms with Crippen LogP contribution in [0.4, 0.5) is 13.2 Å². The van der Waals surface area contributed by atoms with Gasteiger partial charge in [0.15, 0.2) is 0 Å². The van der Waals surface area contributed by atoms with Crippen molar-refractivity contribution in [3.63, 3.8) is 0 Å². The van der Waals surface area contributed by atoms with Crippen LogP contribution >= 0.6 is 15.9 Å². The van der Waals surface area contributed by atoms with Gasteiger partial charge in [0.25, 0.3) is 0 Å². The van der Waals surface area contributed by atoms with Crippen LogP contribution in [0.5, 0.6) is 0 Å². The Hall–Kier alpha value is -0.640. The first-order chi connectivity index (χ1) is 9.70. The fraction of sp³-hybridized carbons (Fsp3) is 0.750. The summed E-state index contributed by atoms with van der Waals surface area (Å²) in [6.45, 7) is -0.167. The van der Waals surface area contributed by atoms with Crippen molar-refractivity contribution in [3.8, 4) is 0 Å². The van der Waals surface area contributed by atoms with Gasteiger partial charge in [0, 0.05) is 19.6 Å². The molecule has 0 aliphatic carbocycles. The average Bonchev–Trinajstić information content (AvgIpc) is 2.72. The van der Waals surface area contributed by atoms with Gasteiger partial charge in [-0.2, -0.15) is 18.3 Å². The highest BCUT2D eigenvalue weighted by Gasteiger charge is 2.27. The van der Waals surface area contributed by atoms with E-state index < -0.39 is 18.9 Å². The summed E-state index contributed by atoms with van der Waals surface area (Å²) >= 11 is 3.29. The Morgan fingerprint density at radius 2 is 2.14 bits per heavy atom. The maximum atomic E-state index is 11.9. The second-order valence-corrected chi connectivity index (χ2v) is 5.73. The molecule has 0 spiro atoms. The zero-order valence-electron chi connectivity index (χ0n) is 11.9. The largest absolute Gasteiger partial charge is 0.411 e. The molecule has 1 aromatic heterocycles. The van der Waals surface area contributed by atoms with E-state index in [1.54, 1.807) is 10.9 Å². The molecule has 0 aromatic carbocycles. The summed E-state index contributed by atoms with van der Waals surface area (Å²) in [7, 11) is 3.83. The van der Waals surface area contributed by atoms with E-state index in [0.29, 0.717) is 16.7 Å². The molecule has 0 aliphatic heterocycles. The molecule has 0 saturated carbocycles. The van der Waals surface area contributed by atoms with Gasteiger partial charge in [0.2, 0.25) is 0 Å². The number of aliphatic hydroxyl groups excluding tert-OH is 1. The number of ether oxygens (including phenoxy) is 1. The summed E-state index contributed by atoms with van der Waals surface area (Å²) in [6, 6.07) is 0. The van der Waals surface area contributed by atoms with Crippen LogP contribution < -0.4 is 0 Å². The van der Waals surface area contributed by atoms with Gasteiger partial charge < -0.3 is 14.7 Å². The summed E-state index contributed by atoms with van der Waals surface area (Å²) in [5.41, 5.74) is 0.549. The number of alkyl halides is 3. The first-order valence-electron chi connectivity index (χ1n) is 6.39. The zero-order valence-corrected chi connectivity index (χ0v) is 13.5. The lowest BCUT2D eigenvalue weighted by molar-refractivity contribution is -0.175. The predicted molar refractivity (Wildman–Crippen MR) is 74.9 cm³/mol. The smallest absolute Gasteiger partial charge is 0.387 e. The molecule has 5 nitrogen and oxygen atoms in total. The molecule has 1 N–H and O–H groups in total. The summed E-state index contributed by atoms with van der Waals surface area (Å²) in [6.07, 6.45) is -3.65. The highest BCUT2D eigenvalue weighted by atomic mass is 79.9. The molecule has 0 saturated heterocycles. The van der Waals surface area contributed by atoms with Crippen LogP contribution in [0.3, 0.4) is 0 Å². The van der Waals surface area contributed by atoms with E-state index in [1.807, 2.05) is 19.0 Å². The highest BCUT2D eigenvalue weighted by molar-refractivity contribution is 9.10. The van der Waals surface area contributed by atoms with Crippen molar-refractivity contribution >= 4 is 15.9 Å². The lowest BCUT2D eigenvalue weighted by Gasteiger charge is -2.16. The molecule has 0 amide bonds. The second kappa shape index (κ2) is 8.11. The van der Waals surface area contributed by atoms with E-state index in [2.05, 4.69) is 25.8 Å². The van der Waals surface area contributed by atoms with Crippen LogP contribution in [0.1, 0.15) is 18.2 Å². The summed E-state index contributed by atoms with van der Waals surface area (Å²) in [4.78, 5) is 1.97. The van der Waals surface area contributed by atoms with Crippen molar-refractivity contribution in [2.75, 3.05) is 33.9 Å². The van der Waals surface area contributed by atoms with E-state index in [-0.39, 0.29) is 13.0 Å². The lowest BCUT2D eigenvalue weighted by atomic mass is 10.2. The van der Waals surface area contributed by atoms with E-state index in [0.717, 1.165) is 6.54 Å². The van der Waals surface area contributed by atoms with Crippen molar-refractivity contribution in [2.45, 2.75) is 25.2 Å². The Morgan fingerprint density at radius 3 is 2.71 bits per heavy atom. The van der Waals surface area contributed by atoms with Crippen LogP contribution in [0.25, 0.3) is 0 Å². The third kappa shape index (κ3) is 6.77. The van der Waals surface area contributed by atoms with Crippen LogP contribution in [0, 0.1) is 0 Å². The summed E-state index contributed by atoms with van der Waals surface area (Å²) in [5.74, 6) is 0. The minimum Gasteiger partial charge on any atom is -0.387 e. The van der Waals surface area contributed by atoms with Crippen molar-refractivity contribution < 1.29 is 23.0 Å². The lowest BCUT2D eigenvalue weighted by Crippen LogP contribution is -2.22. The standard InChI is InChI=1S/C12H19BrF3N3O2/c1-18(2)4-5-19-11(9(13)7-17-19)10(20)3-6-21-8-12(14,15)16/h7,10,20H,3-6,8H2,1-2H3. The Balaban J connectivity index is 2.53. The molecule has 0 radical (unpaired) electrons. The first-order valence-corrected chi connectivity index (χ1v) is 7.18. The molecule has 122 valence electrons. The SMILES string of the molecule is CN(C)CCn1ncc(Br)c1C(O)CCOCC(F)(F)F. The maximum Gasteiger partial charge on any atom is 0.411 e. The van der Waals surface area contributed by atoms with Gasteiger partial charge >= 0.3 is 6.18 Å². The molecule has 1 heterocycles. The second-order valence-electron chi connectivity index (χ2n) is 4.88. The van der Waals surface area contributed by atoms with Gasteiger partial charge in [-0.1, -0.05) is 0 Å². The normalized spacial score (nSPS) is 13.9. The van der Waals surface area contributed by atoms with Gasteiger partial charge in [-0.25, -0.2) is 0 Å². The van der Waals surface area contributed by atoms with Crippen LogP contribution in [-0.2, 0) is 11.3 Å². The third-order valence-corrected chi connectivity index (χ3v) is 3.32. The van der Waals surface area contributed by atoms with Crippen molar-refractivity contribution in [3.05, 3.63) is 16.4 Å². The third-order valence-electron chi connectivity index (χ3n) is 2.71. The molecule has 1 rings (SSSR count). The molecule has 21 heavy (non-hydrogen) atoms. The molecule has 1 aromatic rings. The number of aliphatic hydroxyl groups is 1. The van der Waals surface area contributed by atoms with Crippen LogP contribution in [0.15, 0.2) is 10.7 Å². The van der Waals surface area contributed by atoms with Crippen molar-refractivity contribution in [2.24, 2.45) is 0 Å². The van der Waals surface area contributed by atoms with Gasteiger partial charge in [0.05, 0.1) is 29.0 Å². The van der Waals surface area contributed by atoms with Gasteiger partial charge in [-0.3, -0.25) is 4.68 Å². The van der Waals surface area contributed by atoms with Gasteiger partial charge in [-0.05, 0) is 30.0 Å². The Labute approximate surface area is 129 Å². The highest BCUT2D eigenvalue weighted by Crippen LogP contribution is 2.26. The molecule has 0 fully saturated rings. The van der Waals surface area contributed by atoms with E-state index in [1.165, 1.54) is 0 Å². The van der Waals surface area contributed by atoms with Crippen molar-refractivity contribution in [1.82, 2.24) is 14.7 Å². The van der Waals surface area contributed by atoms with E-state index in [4.69, 9.17) is 0 Å². The number of hydrogen-bond donors (Lipinski definition) is 1. The fourth-order valence-electron chi connectivity index (χ4n) is 1.70. The number of likely N-dealkylation sites (N-methyl/N-ethyl adjacent to an activating group) is 1. The first kappa shape index (κ1) is 18.4. The Kier molecular flexibility index (Phi) is 7.11. The molecular formula is C12H19BrF3N3O2. The minimum atomic E-state index is -4.35. The number of nitrogens with zero attached hydrogens (tertiary/aromatic N) is 3. The quantitative estimate of drug-likeness (QED) is 0.709. The van der Waals surface area contributed by atoms with Crippen LogP contribution in [-0.4, -0.2) is 59.8 Å². The number of halogens is 4. The van der Waals surface area contributed by atoms with Gasteiger partial charge in [-0.15, -0.1) is 0 Å². The van der Waals surface area contributed by atoms with E-state index >= 15 is 0 Å². The molecule has 0 bridgehead atoms. The summed E-state index contributed by atoms with van der Waals surface area (Å²) < 4.78 is 42.6. The Morgan fingerprint density at radius 1 is 1.48 bits per heavy atom. The molecule has 1 unspecified atom stereocenters. The fourth-order valence-corrected chi connectivity index (χ4v) is 2.26.